The highest BCUT2D eigenvalue weighted by Gasteiger charge is 2.22. The lowest BCUT2D eigenvalue weighted by Gasteiger charge is -2.29. The first-order valence-corrected chi connectivity index (χ1v) is 23.7. The fourth-order valence-electron chi connectivity index (χ4n) is 11.0. The van der Waals surface area contributed by atoms with Gasteiger partial charge in [0.05, 0.1) is 16.7 Å². The third-order valence-electron chi connectivity index (χ3n) is 14.2. The monoisotopic (exact) mass is 878 g/mol. The van der Waals surface area contributed by atoms with Crippen LogP contribution in [0.3, 0.4) is 0 Å². The van der Waals surface area contributed by atoms with E-state index in [1.165, 1.54) is 54.3 Å². The van der Waals surface area contributed by atoms with E-state index in [4.69, 9.17) is 4.42 Å². The van der Waals surface area contributed by atoms with Gasteiger partial charge in [0.25, 0.3) is 0 Å². The van der Waals surface area contributed by atoms with Crippen molar-refractivity contribution in [2.24, 2.45) is 0 Å². The molecule has 322 valence electrons. The average molecular weight is 879 g/mol. The Balaban J connectivity index is 0.939. The molecule has 3 heteroatoms. The van der Waals surface area contributed by atoms with Gasteiger partial charge in [-0.3, -0.25) is 0 Å². The van der Waals surface area contributed by atoms with Crippen LogP contribution in [0, 0.1) is 0 Å². The van der Waals surface area contributed by atoms with Crippen molar-refractivity contribution in [3.63, 3.8) is 0 Å². The third kappa shape index (κ3) is 6.29. The standard InChI is InChI=1S/C66H42N2O/c1-4-23-52-44(16-1)36-39-60-59-30-15-29-53(66(59)69-65(52)60)46-19-14-20-49(41-46)67(62-31-10-9-28-58(62)61-42-47-17-2-3-22-51(47)54-24-5-6-25-55(54)61)48-37-34-43(35-38-48)45-18-13-21-50(40-45)68-63-32-11-7-26-56(63)57-27-8-12-33-64(57)68/h1-42H. The SMILES string of the molecule is c1cc(-c2cccc3c2oc2c4ccccc4ccc32)cc(N(c2ccc(-c3cccc(-n4c5ccccc5c5ccccc54)c3)cc2)c2ccccc2-c2cc3ccccc3c3ccccc23)c1. The average Bonchev–Trinajstić information content (AvgIpc) is 3.98. The molecule has 0 radical (unpaired) electrons. The number of benzene rings is 12. The molecule has 0 N–H and O–H groups in total. The fourth-order valence-corrected chi connectivity index (χ4v) is 11.0. The Kier molecular flexibility index (Phi) is 8.90. The van der Waals surface area contributed by atoms with Crippen molar-refractivity contribution in [2.45, 2.75) is 0 Å². The van der Waals surface area contributed by atoms with E-state index in [1.807, 2.05) is 0 Å². The Morgan fingerprint density at radius 1 is 0.290 bits per heavy atom. The molecule has 0 bridgehead atoms. The van der Waals surface area contributed by atoms with Crippen molar-refractivity contribution >= 4 is 93.1 Å². The maximum Gasteiger partial charge on any atom is 0.143 e. The van der Waals surface area contributed by atoms with Crippen molar-refractivity contribution in [1.29, 1.82) is 0 Å². The normalized spacial score (nSPS) is 11.8. The van der Waals surface area contributed by atoms with Crippen molar-refractivity contribution in [2.75, 3.05) is 4.90 Å². The van der Waals surface area contributed by atoms with Crippen LogP contribution in [0.2, 0.25) is 0 Å². The molecule has 12 aromatic carbocycles. The summed E-state index contributed by atoms with van der Waals surface area (Å²) in [7, 11) is 0. The van der Waals surface area contributed by atoms with Crippen LogP contribution in [0.1, 0.15) is 0 Å². The number of furan rings is 1. The van der Waals surface area contributed by atoms with Gasteiger partial charge >= 0.3 is 0 Å². The number of anilines is 3. The van der Waals surface area contributed by atoms with Gasteiger partial charge in [0.15, 0.2) is 0 Å². The molecule has 0 saturated heterocycles. The van der Waals surface area contributed by atoms with E-state index in [2.05, 4.69) is 264 Å². The fraction of sp³-hybridized carbons (Fsp3) is 0. The van der Waals surface area contributed by atoms with Gasteiger partial charge in [-0.2, -0.15) is 0 Å². The lowest BCUT2D eigenvalue weighted by atomic mass is 9.92. The number of fused-ring (bicyclic) bond motifs is 11. The number of hydrogen-bond acceptors (Lipinski definition) is 2. The van der Waals surface area contributed by atoms with Crippen LogP contribution in [0.25, 0.3) is 115 Å². The van der Waals surface area contributed by atoms with Crippen molar-refractivity contribution < 1.29 is 4.42 Å². The molecule has 2 aromatic heterocycles. The Morgan fingerprint density at radius 2 is 0.884 bits per heavy atom. The first-order chi connectivity index (χ1) is 34.2. The summed E-state index contributed by atoms with van der Waals surface area (Å²) >= 11 is 0. The second-order valence-corrected chi connectivity index (χ2v) is 18.0. The zero-order chi connectivity index (χ0) is 45.4. The number of para-hydroxylation sites is 4. The summed E-state index contributed by atoms with van der Waals surface area (Å²) in [6.07, 6.45) is 0. The molecule has 69 heavy (non-hydrogen) atoms. The largest absolute Gasteiger partial charge is 0.455 e. The second kappa shape index (κ2) is 15.7. The third-order valence-corrected chi connectivity index (χ3v) is 14.2. The highest BCUT2D eigenvalue weighted by atomic mass is 16.3. The molecule has 0 amide bonds. The predicted molar refractivity (Wildman–Crippen MR) is 292 cm³/mol. The topological polar surface area (TPSA) is 21.3 Å². The molecule has 2 heterocycles. The molecule has 0 fully saturated rings. The van der Waals surface area contributed by atoms with Crippen LogP contribution in [0.4, 0.5) is 17.1 Å². The highest BCUT2D eigenvalue weighted by Crippen LogP contribution is 2.46. The summed E-state index contributed by atoms with van der Waals surface area (Å²) in [4.78, 5) is 2.42. The minimum absolute atomic E-state index is 0.892. The molecular formula is C66H42N2O. The summed E-state index contributed by atoms with van der Waals surface area (Å²) < 4.78 is 9.28. The van der Waals surface area contributed by atoms with Gasteiger partial charge in [-0.05, 0) is 116 Å². The maximum atomic E-state index is 6.89. The minimum Gasteiger partial charge on any atom is -0.455 e. The molecule has 0 aliphatic heterocycles. The lowest BCUT2D eigenvalue weighted by molar-refractivity contribution is 0.674. The zero-order valence-electron chi connectivity index (χ0n) is 37.6. The second-order valence-electron chi connectivity index (χ2n) is 18.0. The number of aromatic nitrogens is 1. The number of rotatable bonds is 7. The number of hydrogen-bond donors (Lipinski definition) is 0. The summed E-state index contributed by atoms with van der Waals surface area (Å²) in [6, 6.07) is 92.5. The minimum atomic E-state index is 0.892. The van der Waals surface area contributed by atoms with Crippen LogP contribution in [0.15, 0.2) is 259 Å². The molecular weight excluding hydrogens is 837 g/mol. The van der Waals surface area contributed by atoms with Gasteiger partial charge in [-0.25, -0.2) is 0 Å². The van der Waals surface area contributed by atoms with Crippen LogP contribution in [-0.4, -0.2) is 4.57 Å². The first-order valence-electron chi connectivity index (χ1n) is 23.7. The number of nitrogens with zero attached hydrogens (tertiary/aromatic N) is 2. The lowest BCUT2D eigenvalue weighted by Crippen LogP contribution is -2.11. The summed E-state index contributed by atoms with van der Waals surface area (Å²) in [5.74, 6) is 0. The van der Waals surface area contributed by atoms with E-state index in [-0.39, 0.29) is 0 Å². The zero-order valence-corrected chi connectivity index (χ0v) is 37.6. The van der Waals surface area contributed by atoms with Gasteiger partial charge in [-0.15, -0.1) is 0 Å². The van der Waals surface area contributed by atoms with E-state index in [1.54, 1.807) is 0 Å². The van der Waals surface area contributed by atoms with Crippen molar-refractivity contribution in [3.05, 3.63) is 255 Å². The van der Waals surface area contributed by atoms with Gasteiger partial charge in [-0.1, -0.05) is 188 Å². The van der Waals surface area contributed by atoms with Crippen LogP contribution in [-0.2, 0) is 0 Å². The molecule has 0 saturated carbocycles. The van der Waals surface area contributed by atoms with Crippen LogP contribution < -0.4 is 4.90 Å². The van der Waals surface area contributed by atoms with Crippen LogP contribution >= 0.6 is 0 Å². The smallest absolute Gasteiger partial charge is 0.143 e. The van der Waals surface area contributed by atoms with Crippen molar-refractivity contribution in [1.82, 2.24) is 4.57 Å². The van der Waals surface area contributed by atoms with Crippen molar-refractivity contribution in [3.8, 4) is 39.1 Å². The molecule has 14 rings (SSSR count). The molecule has 0 spiro atoms. The van der Waals surface area contributed by atoms with E-state index in [0.717, 1.165) is 77.9 Å². The van der Waals surface area contributed by atoms with Gasteiger partial charge < -0.3 is 13.9 Å². The predicted octanol–water partition coefficient (Wildman–Crippen LogP) is 18.6. The van der Waals surface area contributed by atoms with Crippen LogP contribution in [0.5, 0.6) is 0 Å². The van der Waals surface area contributed by atoms with E-state index >= 15 is 0 Å². The molecule has 0 atom stereocenters. The van der Waals surface area contributed by atoms with Gasteiger partial charge in [0.2, 0.25) is 0 Å². The molecule has 14 aromatic rings. The maximum absolute atomic E-state index is 6.89. The molecule has 0 aliphatic rings. The summed E-state index contributed by atoms with van der Waals surface area (Å²) in [5, 5.41) is 12.0. The first kappa shape index (κ1) is 39.0. The van der Waals surface area contributed by atoms with E-state index in [0.29, 0.717) is 0 Å². The Labute approximate surface area is 399 Å². The molecule has 0 aliphatic carbocycles. The van der Waals surface area contributed by atoms with E-state index in [9.17, 15) is 0 Å². The molecule has 0 unspecified atom stereocenters. The van der Waals surface area contributed by atoms with E-state index < -0.39 is 0 Å². The Hall–Kier alpha value is -9.18. The molecule has 3 nitrogen and oxygen atoms in total. The highest BCUT2D eigenvalue weighted by molar-refractivity contribution is 6.18. The summed E-state index contributed by atoms with van der Waals surface area (Å²) in [6.45, 7) is 0. The quantitative estimate of drug-likeness (QED) is 0.149. The Bertz CT molecular complexity index is 4270. The Morgan fingerprint density at radius 3 is 1.70 bits per heavy atom. The summed E-state index contributed by atoms with van der Waals surface area (Å²) in [5.41, 5.74) is 15.3. The van der Waals surface area contributed by atoms with Gasteiger partial charge in [0, 0.05) is 55.1 Å². The van der Waals surface area contributed by atoms with Gasteiger partial charge in [0.1, 0.15) is 11.2 Å².